The van der Waals surface area contributed by atoms with Crippen LogP contribution in [0.25, 0.3) is 5.69 Å². The SMILES string of the molecule is COc1ccc(S(=O)(=O)NC(C)c2ccc(-n3cncn3)cc2)cc1OC. The molecule has 0 amide bonds. The van der Waals surface area contributed by atoms with Crippen molar-refractivity contribution in [3.8, 4) is 17.2 Å². The molecule has 1 aromatic heterocycles. The molecular weight excluding hydrogens is 368 g/mol. The van der Waals surface area contributed by atoms with Gasteiger partial charge in [-0.25, -0.2) is 22.8 Å². The third-order valence-electron chi connectivity index (χ3n) is 4.07. The normalized spacial score (nSPS) is 12.6. The van der Waals surface area contributed by atoms with Crippen molar-refractivity contribution in [1.82, 2.24) is 19.5 Å². The zero-order chi connectivity index (χ0) is 19.4. The van der Waals surface area contributed by atoms with Crippen LogP contribution in [-0.2, 0) is 10.0 Å². The van der Waals surface area contributed by atoms with Crippen molar-refractivity contribution in [2.24, 2.45) is 0 Å². The number of methoxy groups -OCH3 is 2. The number of nitrogens with one attached hydrogen (secondary N) is 1. The van der Waals surface area contributed by atoms with Gasteiger partial charge in [0, 0.05) is 12.1 Å². The summed E-state index contributed by atoms with van der Waals surface area (Å²) in [5.74, 6) is 0.818. The predicted molar refractivity (Wildman–Crippen MR) is 99.6 cm³/mol. The van der Waals surface area contributed by atoms with Crippen molar-refractivity contribution in [2.45, 2.75) is 17.9 Å². The number of aromatic nitrogens is 3. The van der Waals surface area contributed by atoms with Crippen LogP contribution in [0.5, 0.6) is 11.5 Å². The fraction of sp³-hybridized carbons (Fsp3) is 0.222. The highest BCUT2D eigenvalue weighted by molar-refractivity contribution is 7.89. The van der Waals surface area contributed by atoms with Gasteiger partial charge >= 0.3 is 0 Å². The monoisotopic (exact) mass is 388 g/mol. The fourth-order valence-electron chi connectivity index (χ4n) is 2.61. The van der Waals surface area contributed by atoms with Crippen molar-refractivity contribution < 1.29 is 17.9 Å². The molecule has 8 nitrogen and oxygen atoms in total. The molecule has 0 fully saturated rings. The Bertz CT molecular complexity index is 1000. The summed E-state index contributed by atoms with van der Waals surface area (Å²) in [5, 5.41) is 4.06. The third kappa shape index (κ3) is 4.09. The molecule has 0 saturated carbocycles. The lowest BCUT2D eigenvalue weighted by Gasteiger charge is -2.16. The molecule has 3 rings (SSSR count). The van der Waals surface area contributed by atoms with Crippen LogP contribution in [0.15, 0.2) is 60.0 Å². The maximum absolute atomic E-state index is 12.7. The Morgan fingerprint density at radius 1 is 1.04 bits per heavy atom. The molecule has 1 heterocycles. The van der Waals surface area contributed by atoms with E-state index in [0.29, 0.717) is 11.5 Å². The number of hydrogen-bond acceptors (Lipinski definition) is 6. The molecule has 1 atom stereocenters. The van der Waals surface area contributed by atoms with Gasteiger partial charge in [-0.05, 0) is 36.8 Å². The van der Waals surface area contributed by atoms with E-state index in [1.807, 2.05) is 24.3 Å². The summed E-state index contributed by atoms with van der Waals surface area (Å²) < 4.78 is 40.0. The molecule has 0 bridgehead atoms. The van der Waals surface area contributed by atoms with Gasteiger partial charge < -0.3 is 9.47 Å². The molecule has 9 heteroatoms. The number of ether oxygens (including phenoxy) is 2. The van der Waals surface area contributed by atoms with Gasteiger partial charge in [-0.3, -0.25) is 0 Å². The first-order chi connectivity index (χ1) is 12.9. The summed E-state index contributed by atoms with van der Waals surface area (Å²) in [6.45, 7) is 1.78. The van der Waals surface area contributed by atoms with Crippen molar-refractivity contribution in [2.75, 3.05) is 14.2 Å². The standard InChI is InChI=1S/C18H20N4O4S/c1-13(14-4-6-15(7-5-14)22-12-19-11-20-22)21-27(23,24)16-8-9-17(25-2)18(10-16)26-3/h4-13,21H,1-3H3. The summed E-state index contributed by atoms with van der Waals surface area (Å²) in [4.78, 5) is 4.01. The van der Waals surface area contributed by atoms with Crippen molar-refractivity contribution in [3.05, 3.63) is 60.7 Å². The zero-order valence-corrected chi connectivity index (χ0v) is 16.0. The Labute approximate surface area is 157 Å². The van der Waals surface area contributed by atoms with Crippen LogP contribution in [0.4, 0.5) is 0 Å². The summed E-state index contributed by atoms with van der Waals surface area (Å²) in [6, 6.07) is 11.4. The maximum Gasteiger partial charge on any atom is 0.241 e. The van der Waals surface area contributed by atoms with Crippen molar-refractivity contribution >= 4 is 10.0 Å². The van der Waals surface area contributed by atoms with Gasteiger partial charge in [0.2, 0.25) is 10.0 Å². The summed E-state index contributed by atoms with van der Waals surface area (Å²) >= 11 is 0. The topological polar surface area (TPSA) is 95.3 Å². The Morgan fingerprint density at radius 2 is 1.74 bits per heavy atom. The van der Waals surface area contributed by atoms with Gasteiger partial charge in [0.25, 0.3) is 0 Å². The van der Waals surface area contributed by atoms with Crippen molar-refractivity contribution in [3.63, 3.8) is 0 Å². The second-order valence-corrected chi connectivity index (χ2v) is 7.51. The van der Waals surface area contributed by atoms with Crippen LogP contribution in [0.2, 0.25) is 0 Å². The van der Waals surface area contributed by atoms with E-state index in [1.54, 1.807) is 24.0 Å². The van der Waals surface area contributed by atoms with E-state index in [2.05, 4.69) is 14.8 Å². The van der Waals surface area contributed by atoms with Crippen LogP contribution >= 0.6 is 0 Å². The van der Waals surface area contributed by atoms with Gasteiger partial charge in [-0.1, -0.05) is 12.1 Å². The van der Waals surface area contributed by atoms with E-state index in [4.69, 9.17) is 9.47 Å². The van der Waals surface area contributed by atoms with E-state index in [-0.39, 0.29) is 4.90 Å². The Morgan fingerprint density at radius 3 is 2.33 bits per heavy atom. The third-order valence-corrected chi connectivity index (χ3v) is 5.61. The van der Waals surface area contributed by atoms with Crippen LogP contribution in [-0.4, -0.2) is 37.4 Å². The van der Waals surface area contributed by atoms with Gasteiger partial charge in [0.05, 0.1) is 24.8 Å². The number of benzene rings is 2. The van der Waals surface area contributed by atoms with Crippen molar-refractivity contribution in [1.29, 1.82) is 0 Å². The largest absolute Gasteiger partial charge is 0.493 e. The quantitative estimate of drug-likeness (QED) is 0.667. The van der Waals surface area contributed by atoms with E-state index in [9.17, 15) is 8.42 Å². The Balaban J connectivity index is 1.79. The minimum absolute atomic E-state index is 0.103. The summed E-state index contributed by atoms with van der Waals surface area (Å²) in [6.07, 6.45) is 3.05. The minimum atomic E-state index is -3.73. The molecule has 0 saturated heterocycles. The summed E-state index contributed by atoms with van der Waals surface area (Å²) in [7, 11) is -0.777. The molecule has 0 radical (unpaired) electrons. The van der Waals surface area contributed by atoms with E-state index in [1.165, 1.54) is 32.7 Å². The average Bonchev–Trinajstić information content (AvgIpc) is 3.22. The number of sulfonamides is 1. The molecule has 1 N–H and O–H groups in total. The lowest BCUT2D eigenvalue weighted by atomic mass is 10.1. The molecule has 0 spiro atoms. The van der Waals surface area contributed by atoms with Gasteiger partial charge in [-0.15, -0.1) is 0 Å². The first-order valence-corrected chi connectivity index (χ1v) is 9.62. The highest BCUT2D eigenvalue weighted by atomic mass is 32.2. The van der Waals surface area contributed by atoms with Crippen LogP contribution in [0, 0.1) is 0 Å². The van der Waals surface area contributed by atoms with Crippen LogP contribution in [0.3, 0.4) is 0 Å². The summed E-state index contributed by atoms with van der Waals surface area (Å²) in [5.41, 5.74) is 1.66. The zero-order valence-electron chi connectivity index (χ0n) is 15.2. The molecule has 2 aromatic carbocycles. The first kappa shape index (κ1) is 18.9. The van der Waals surface area contributed by atoms with E-state index < -0.39 is 16.1 Å². The molecule has 1 unspecified atom stereocenters. The predicted octanol–water partition coefficient (Wildman–Crippen LogP) is 2.32. The molecule has 0 aliphatic heterocycles. The van der Waals surface area contributed by atoms with Gasteiger partial charge in [-0.2, -0.15) is 5.10 Å². The lowest BCUT2D eigenvalue weighted by Crippen LogP contribution is -2.27. The van der Waals surface area contributed by atoms with Crippen LogP contribution < -0.4 is 14.2 Å². The molecule has 3 aromatic rings. The fourth-order valence-corrected chi connectivity index (χ4v) is 3.86. The smallest absolute Gasteiger partial charge is 0.241 e. The number of rotatable bonds is 7. The van der Waals surface area contributed by atoms with E-state index >= 15 is 0 Å². The Hall–Kier alpha value is -2.91. The molecular formula is C18H20N4O4S. The highest BCUT2D eigenvalue weighted by Gasteiger charge is 2.20. The number of hydrogen-bond donors (Lipinski definition) is 1. The molecule has 0 aliphatic carbocycles. The molecule has 0 aliphatic rings. The van der Waals surface area contributed by atoms with Gasteiger partial charge in [0.15, 0.2) is 11.5 Å². The lowest BCUT2D eigenvalue weighted by molar-refractivity contribution is 0.354. The van der Waals surface area contributed by atoms with Gasteiger partial charge in [0.1, 0.15) is 12.7 Å². The number of nitrogens with zero attached hydrogens (tertiary/aromatic N) is 3. The second-order valence-electron chi connectivity index (χ2n) is 5.79. The maximum atomic E-state index is 12.7. The molecule has 27 heavy (non-hydrogen) atoms. The molecule has 142 valence electrons. The van der Waals surface area contributed by atoms with E-state index in [0.717, 1.165) is 11.3 Å². The minimum Gasteiger partial charge on any atom is -0.493 e. The second kappa shape index (κ2) is 7.77. The Kier molecular flexibility index (Phi) is 5.43. The first-order valence-electron chi connectivity index (χ1n) is 8.14. The highest BCUT2D eigenvalue weighted by Crippen LogP contribution is 2.30. The van der Waals surface area contributed by atoms with Crippen LogP contribution in [0.1, 0.15) is 18.5 Å². The average molecular weight is 388 g/mol.